The fraction of sp³-hybridized carbons (Fsp3) is 0.176. The summed E-state index contributed by atoms with van der Waals surface area (Å²) in [7, 11) is 2.83. The van der Waals surface area contributed by atoms with Crippen LogP contribution >= 0.6 is 0 Å². The van der Waals surface area contributed by atoms with Crippen molar-refractivity contribution in [2.24, 2.45) is 5.10 Å². The number of amides is 1. The Labute approximate surface area is 154 Å². The lowest BCUT2D eigenvalue weighted by Gasteiger charge is -2.06. The second-order valence-corrected chi connectivity index (χ2v) is 5.22. The van der Waals surface area contributed by atoms with Crippen molar-refractivity contribution in [3.05, 3.63) is 52.1 Å². The quantitative estimate of drug-likeness (QED) is 0.365. The van der Waals surface area contributed by atoms with Crippen molar-refractivity contribution in [2.45, 2.75) is 0 Å². The molecular formula is C17H18N4O6. The van der Waals surface area contributed by atoms with Gasteiger partial charge in [0.05, 0.1) is 31.9 Å². The van der Waals surface area contributed by atoms with Crippen LogP contribution in [-0.2, 0) is 4.79 Å². The van der Waals surface area contributed by atoms with Crippen LogP contribution in [0.25, 0.3) is 0 Å². The summed E-state index contributed by atoms with van der Waals surface area (Å²) in [6, 6.07) is 9.50. The van der Waals surface area contributed by atoms with Gasteiger partial charge in [-0.15, -0.1) is 0 Å². The highest BCUT2D eigenvalue weighted by Gasteiger charge is 2.19. The van der Waals surface area contributed by atoms with Crippen LogP contribution in [0.2, 0.25) is 0 Å². The summed E-state index contributed by atoms with van der Waals surface area (Å²) < 4.78 is 9.93. The minimum absolute atomic E-state index is 0.0251. The van der Waals surface area contributed by atoms with Crippen LogP contribution in [0.4, 0.5) is 11.4 Å². The van der Waals surface area contributed by atoms with Crippen LogP contribution in [0.1, 0.15) is 5.56 Å². The molecule has 2 rings (SSSR count). The number of carbonyl (C=O) groups excluding carboxylic acids is 1. The van der Waals surface area contributed by atoms with Gasteiger partial charge < -0.3 is 19.9 Å². The van der Waals surface area contributed by atoms with Gasteiger partial charge in [-0.3, -0.25) is 14.9 Å². The van der Waals surface area contributed by atoms with Gasteiger partial charge in [0.2, 0.25) is 5.75 Å². The molecule has 2 aromatic rings. The SMILES string of the molecule is COc1ccc(NCC(=O)N/N=C\c2cc(OC)c(O)c([N+](=O)[O-])c2)cc1. The highest BCUT2D eigenvalue weighted by molar-refractivity contribution is 5.86. The summed E-state index contributed by atoms with van der Waals surface area (Å²) in [5.41, 5.74) is 2.78. The summed E-state index contributed by atoms with van der Waals surface area (Å²) in [5, 5.41) is 27.3. The fourth-order valence-electron chi connectivity index (χ4n) is 2.09. The first-order valence-corrected chi connectivity index (χ1v) is 7.69. The van der Waals surface area contributed by atoms with E-state index in [1.54, 1.807) is 31.4 Å². The highest BCUT2D eigenvalue weighted by atomic mass is 16.6. The predicted molar refractivity (Wildman–Crippen MR) is 98.5 cm³/mol. The second-order valence-electron chi connectivity index (χ2n) is 5.22. The van der Waals surface area contributed by atoms with Gasteiger partial charge in [-0.2, -0.15) is 5.10 Å². The third-order valence-corrected chi connectivity index (χ3v) is 3.44. The number of hydrazone groups is 1. The molecule has 0 heterocycles. The van der Waals surface area contributed by atoms with Gasteiger partial charge >= 0.3 is 5.69 Å². The molecular weight excluding hydrogens is 356 g/mol. The van der Waals surface area contributed by atoms with Gasteiger partial charge in [0.15, 0.2) is 5.75 Å². The summed E-state index contributed by atoms with van der Waals surface area (Å²) in [5.74, 6) is -0.360. The first-order valence-electron chi connectivity index (χ1n) is 7.69. The van der Waals surface area contributed by atoms with Gasteiger partial charge in [-0.1, -0.05) is 0 Å². The third-order valence-electron chi connectivity index (χ3n) is 3.44. The molecule has 3 N–H and O–H groups in total. The Morgan fingerprint density at radius 1 is 1.26 bits per heavy atom. The number of carbonyl (C=O) groups is 1. The number of hydrogen-bond acceptors (Lipinski definition) is 8. The van der Waals surface area contributed by atoms with E-state index >= 15 is 0 Å². The van der Waals surface area contributed by atoms with Crippen molar-refractivity contribution < 1.29 is 24.3 Å². The first kappa shape index (κ1) is 19.5. The molecule has 0 spiro atoms. The van der Waals surface area contributed by atoms with Gasteiger partial charge in [-0.25, -0.2) is 5.43 Å². The number of anilines is 1. The van der Waals surface area contributed by atoms with E-state index in [2.05, 4.69) is 15.8 Å². The molecule has 0 atom stereocenters. The monoisotopic (exact) mass is 374 g/mol. The summed E-state index contributed by atoms with van der Waals surface area (Å²) in [4.78, 5) is 22.0. The fourth-order valence-corrected chi connectivity index (χ4v) is 2.09. The maximum absolute atomic E-state index is 11.8. The number of nitro groups is 1. The van der Waals surface area contributed by atoms with E-state index in [1.807, 2.05) is 0 Å². The summed E-state index contributed by atoms with van der Waals surface area (Å²) in [6.07, 6.45) is 1.21. The number of phenols is 1. The molecule has 0 saturated carbocycles. The number of benzene rings is 2. The lowest BCUT2D eigenvalue weighted by Crippen LogP contribution is -2.25. The molecule has 0 aliphatic heterocycles. The minimum Gasteiger partial charge on any atom is -0.500 e. The molecule has 0 unspecified atom stereocenters. The Morgan fingerprint density at radius 2 is 1.96 bits per heavy atom. The lowest BCUT2D eigenvalue weighted by atomic mass is 10.2. The molecule has 0 aliphatic rings. The number of ether oxygens (including phenoxy) is 2. The molecule has 0 bridgehead atoms. The molecule has 0 fully saturated rings. The molecule has 27 heavy (non-hydrogen) atoms. The molecule has 10 nitrogen and oxygen atoms in total. The number of phenolic OH excluding ortho intramolecular Hbond substituents is 1. The molecule has 0 saturated heterocycles. The van der Waals surface area contributed by atoms with Crippen LogP contribution in [0, 0.1) is 10.1 Å². The van der Waals surface area contributed by atoms with E-state index in [0.717, 1.165) is 11.8 Å². The average Bonchev–Trinajstić information content (AvgIpc) is 2.67. The number of nitrogens with zero attached hydrogens (tertiary/aromatic N) is 2. The van der Waals surface area contributed by atoms with Gasteiger partial charge in [0.1, 0.15) is 5.75 Å². The molecule has 0 radical (unpaired) electrons. The first-order chi connectivity index (χ1) is 12.9. The highest BCUT2D eigenvalue weighted by Crippen LogP contribution is 2.36. The second kappa shape index (κ2) is 9.04. The molecule has 10 heteroatoms. The Kier molecular flexibility index (Phi) is 6.53. The van der Waals surface area contributed by atoms with Crippen molar-refractivity contribution in [1.82, 2.24) is 5.43 Å². The zero-order valence-corrected chi connectivity index (χ0v) is 14.6. The number of nitro benzene ring substituents is 1. The van der Waals surface area contributed by atoms with E-state index in [9.17, 15) is 20.0 Å². The maximum atomic E-state index is 11.8. The van der Waals surface area contributed by atoms with Crippen molar-refractivity contribution in [3.8, 4) is 17.2 Å². The van der Waals surface area contributed by atoms with E-state index in [4.69, 9.17) is 9.47 Å². The maximum Gasteiger partial charge on any atom is 0.315 e. The van der Waals surface area contributed by atoms with E-state index in [1.165, 1.54) is 19.4 Å². The number of aromatic hydroxyl groups is 1. The van der Waals surface area contributed by atoms with E-state index in [-0.39, 0.29) is 17.9 Å². The van der Waals surface area contributed by atoms with Crippen LogP contribution in [0.3, 0.4) is 0 Å². The van der Waals surface area contributed by atoms with Crippen molar-refractivity contribution in [3.63, 3.8) is 0 Å². The number of methoxy groups -OCH3 is 2. The summed E-state index contributed by atoms with van der Waals surface area (Å²) in [6.45, 7) is -0.0251. The molecule has 2 aromatic carbocycles. The Balaban J connectivity index is 1.94. The molecule has 142 valence electrons. The number of nitrogens with one attached hydrogen (secondary N) is 2. The zero-order valence-electron chi connectivity index (χ0n) is 14.6. The van der Waals surface area contributed by atoms with Crippen molar-refractivity contribution in [1.29, 1.82) is 0 Å². The predicted octanol–water partition coefficient (Wildman–Crippen LogP) is 1.88. The van der Waals surface area contributed by atoms with Gasteiger partial charge in [0, 0.05) is 17.3 Å². The van der Waals surface area contributed by atoms with Crippen molar-refractivity contribution in [2.75, 3.05) is 26.1 Å². The Bertz CT molecular complexity index is 851. The lowest BCUT2D eigenvalue weighted by molar-refractivity contribution is -0.386. The zero-order chi connectivity index (χ0) is 19.8. The molecule has 0 aromatic heterocycles. The van der Waals surface area contributed by atoms with Gasteiger partial charge in [-0.05, 0) is 30.3 Å². The number of rotatable bonds is 8. The Morgan fingerprint density at radius 3 is 2.56 bits per heavy atom. The smallest absolute Gasteiger partial charge is 0.315 e. The van der Waals surface area contributed by atoms with Crippen LogP contribution in [0.5, 0.6) is 17.2 Å². The van der Waals surface area contributed by atoms with Gasteiger partial charge in [0.25, 0.3) is 5.91 Å². The molecule has 0 aliphatic carbocycles. The number of hydrogen-bond donors (Lipinski definition) is 3. The van der Waals surface area contributed by atoms with E-state index < -0.39 is 22.3 Å². The average molecular weight is 374 g/mol. The third kappa shape index (κ3) is 5.33. The van der Waals surface area contributed by atoms with Crippen molar-refractivity contribution >= 4 is 23.5 Å². The van der Waals surface area contributed by atoms with Crippen LogP contribution in [-0.4, -0.2) is 42.9 Å². The minimum atomic E-state index is -0.744. The van der Waals surface area contributed by atoms with Crippen LogP contribution in [0.15, 0.2) is 41.5 Å². The topological polar surface area (TPSA) is 135 Å². The van der Waals surface area contributed by atoms with Crippen LogP contribution < -0.4 is 20.2 Å². The van der Waals surface area contributed by atoms with E-state index in [0.29, 0.717) is 5.75 Å². The largest absolute Gasteiger partial charge is 0.500 e. The normalized spacial score (nSPS) is 10.4. The molecule has 1 amide bonds. The summed E-state index contributed by atoms with van der Waals surface area (Å²) >= 11 is 0. The Hall–Kier alpha value is -3.82. The standard InChI is InChI=1S/C17H18N4O6/c1-26-13-5-3-12(4-6-13)18-10-16(22)20-19-9-11-7-14(21(24)25)17(23)15(8-11)27-2/h3-9,18,23H,10H2,1-2H3,(H,20,22)/b19-9-.